The molecule has 0 amide bonds. The Kier molecular flexibility index (Phi) is 3.82. The molecular formula is C15H22N2O2S. The van der Waals surface area contributed by atoms with E-state index in [1.807, 2.05) is 6.07 Å². The van der Waals surface area contributed by atoms with Crippen molar-refractivity contribution in [1.82, 2.24) is 4.98 Å². The molecule has 4 nitrogen and oxygen atoms in total. The summed E-state index contributed by atoms with van der Waals surface area (Å²) in [6.07, 6.45) is 7.32. The van der Waals surface area contributed by atoms with Gasteiger partial charge in [0.15, 0.2) is 9.84 Å². The topological polar surface area (TPSA) is 73.0 Å². The van der Waals surface area contributed by atoms with E-state index < -0.39 is 9.84 Å². The Bertz CT molecular complexity index is 585. The largest absolute Gasteiger partial charge is 0.326 e. The second kappa shape index (κ2) is 5.45. The van der Waals surface area contributed by atoms with Crippen LogP contribution in [0, 0.1) is 0 Å². The highest BCUT2D eigenvalue weighted by molar-refractivity contribution is 7.92. The van der Waals surface area contributed by atoms with Gasteiger partial charge in [-0.05, 0) is 43.7 Å². The molecule has 1 aromatic rings. The number of rotatable bonds is 2. The highest BCUT2D eigenvalue weighted by Crippen LogP contribution is 2.36. The first kappa shape index (κ1) is 14.0. The van der Waals surface area contributed by atoms with E-state index in [0.29, 0.717) is 12.2 Å². The Morgan fingerprint density at radius 1 is 1.25 bits per heavy atom. The molecule has 3 unspecified atom stereocenters. The Morgan fingerprint density at radius 3 is 2.90 bits per heavy atom. The molecule has 0 aromatic carbocycles. The van der Waals surface area contributed by atoms with E-state index in [1.54, 1.807) is 6.20 Å². The maximum atomic E-state index is 12.3. The molecule has 110 valence electrons. The van der Waals surface area contributed by atoms with Crippen molar-refractivity contribution in [3.8, 4) is 0 Å². The van der Waals surface area contributed by atoms with Crippen LogP contribution in [0.5, 0.6) is 0 Å². The molecule has 3 rings (SSSR count). The Balaban J connectivity index is 1.90. The summed E-state index contributed by atoms with van der Waals surface area (Å²) in [7, 11) is -3.03. The van der Waals surface area contributed by atoms with Gasteiger partial charge in [-0.25, -0.2) is 8.42 Å². The molecule has 1 aliphatic heterocycles. The summed E-state index contributed by atoms with van der Waals surface area (Å²) in [5.74, 6) is 0.394. The van der Waals surface area contributed by atoms with Crippen molar-refractivity contribution < 1.29 is 8.42 Å². The third-order valence-electron chi connectivity index (χ3n) is 4.76. The first-order valence-electron chi connectivity index (χ1n) is 7.50. The van der Waals surface area contributed by atoms with Crippen molar-refractivity contribution in [2.24, 2.45) is 5.73 Å². The highest BCUT2D eigenvalue weighted by atomic mass is 32.2. The van der Waals surface area contributed by atoms with Gasteiger partial charge >= 0.3 is 0 Å². The fourth-order valence-corrected chi connectivity index (χ4v) is 5.79. The third kappa shape index (κ3) is 2.49. The lowest BCUT2D eigenvalue weighted by atomic mass is 9.80. The summed E-state index contributed by atoms with van der Waals surface area (Å²) in [5.41, 5.74) is 8.67. The molecule has 0 bridgehead atoms. The number of nitrogens with zero attached hydrogens (tertiary/aromatic N) is 1. The molecule has 3 atom stereocenters. The van der Waals surface area contributed by atoms with Crippen LogP contribution in [-0.2, 0) is 16.3 Å². The van der Waals surface area contributed by atoms with Crippen LogP contribution in [0.1, 0.15) is 49.3 Å². The van der Waals surface area contributed by atoms with Crippen LogP contribution < -0.4 is 5.73 Å². The summed E-state index contributed by atoms with van der Waals surface area (Å²) in [6, 6.07) is 3.73. The molecule has 2 aliphatic rings. The minimum Gasteiger partial charge on any atom is -0.326 e. The van der Waals surface area contributed by atoms with Crippen LogP contribution in [-0.4, -0.2) is 30.4 Å². The number of nitrogens with two attached hydrogens (primary N) is 1. The number of pyridine rings is 1. The molecule has 0 saturated carbocycles. The molecule has 0 spiro atoms. The maximum absolute atomic E-state index is 12.3. The Hall–Kier alpha value is -0.940. The zero-order chi connectivity index (χ0) is 14.2. The zero-order valence-electron chi connectivity index (χ0n) is 11.7. The van der Waals surface area contributed by atoms with Crippen molar-refractivity contribution in [1.29, 1.82) is 0 Å². The minimum absolute atomic E-state index is 0.0952. The molecular weight excluding hydrogens is 272 g/mol. The van der Waals surface area contributed by atoms with Crippen LogP contribution in [0.4, 0.5) is 0 Å². The monoisotopic (exact) mass is 294 g/mol. The fourth-order valence-electron chi connectivity index (χ4n) is 3.69. The van der Waals surface area contributed by atoms with E-state index in [4.69, 9.17) is 5.73 Å². The lowest BCUT2D eigenvalue weighted by Gasteiger charge is -2.35. The quantitative estimate of drug-likeness (QED) is 0.902. The molecule has 1 aliphatic carbocycles. The van der Waals surface area contributed by atoms with Crippen LogP contribution in [0.3, 0.4) is 0 Å². The van der Waals surface area contributed by atoms with E-state index in [0.717, 1.165) is 37.8 Å². The van der Waals surface area contributed by atoms with Crippen LogP contribution in [0.25, 0.3) is 0 Å². The van der Waals surface area contributed by atoms with Gasteiger partial charge in [0.1, 0.15) is 0 Å². The van der Waals surface area contributed by atoms with Gasteiger partial charge in [-0.2, -0.15) is 0 Å². The Labute approximate surface area is 120 Å². The van der Waals surface area contributed by atoms with Gasteiger partial charge in [0.05, 0.1) is 11.0 Å². The molecule has 1 saturated heterocycles. The second-order valence-corrected chi connectivity index (χ2v) is 8.36. The van der Waals surface area contributed by atoms with Crippen LogP contribution >= 0.6 is 0 Å². The summed E-state index contributed by atoms with van der Waals surface area (Å²) in [4.78, 5) is 4.49. The van der Waals surface area contributed by atoms with Gasteiger partial charge in [0, 0.05) is 23.9 Å². The number of hydrogen-bond acceptors (Lipinski definition) is 4. The van der Waals surface area contributed by atoms with Crippen LogP contribution in [0.15, 0.2) is 18.3 Å². The molecule has 0 radical (unpaired) electrons. The normalized spacial score (nSPS) is 30.4. The molecule has 20 heavy (non-hydrogen) atoms. The van der Waals surface area contributed by atoms with Crippen molar-refractivity contribution in [2.45, 2.75) is 55.7 Å². The summed E-state index contributed by atoms with van der Waals surface area (Å²) >= 11 is 0. The first-order chi connectivity index (χ1) is 9.59. The summed E-state index contributed by atoms with van der Waals surface area (Å²) < 4.78 is 24.6. The predicted octanol–water partition coefficient (Wildman–Crippen LogP) is 1.80. The Morgan fingerprint density at radius 2 is 2.10 bits per heavy atom. The summed E-state index contributed by atoms with van der Waals surface area (Å²) in [6.45, 7) is 0. The van der Waals surface area contributed by atoms with Crippen molar-refractivity contribution in [3.05, 3.63) is 29.6 Å². The van der Waals surface area contributed by atoms with Crippen molar-refractivity contribution in [3.63, 3.8) is 0 Å². The minimum atomic E-state index is -3.03. The van der Waals surface area contributed by atoms with Gasteiger partial charge in [0.2, 0.25) is 0 Å². The van der Waals surface area contributed by atoms with E-state index in [1.165, 1.54) is 5.56 Å². The number of fused-ring (bicyclic) bond motifs is 1. The smallest absolute Gasteiger partial charge is 0.154 e. The highest BCUT2D eigenvalue weighted by Gasteiger charge is 2.39. The van der Waals surface area contributed by atoms with Crippen molar-refractivity contribution in [2.75, 3.05) is 5.75 Å². The van der Waals surface area contributed by atoms with E-state index in [2.05, 4.69) is 11.1 Å². The molecule has 1 aromatic heterocycles. The number of hydrogen-bond donors (Lipinski definition) is 1. The van der Waals surface area contributed by atoms with Crippen molar-refractivity contribution >= 4 is 9.84 Å². The molecule has 2 N–H and O–H groups in total. The number of sulfone groups is 1. The zero-order valence-corrected chi connectivity index (χ0v) is 12.5. The van der Waals surface area contributed by atoms with Gasteiger partial charge in [-0.1, -0.05) is 12.5 Å². The molecule has 1 fully saturated rings. The standard InChI is InChI=1S/C15H22N2O2S/c16-14(13-8-1-2-10-20(13,18)19)12-7-3-5-11-6-4-9-17-15(11)12/h4,6,9,12-14H,1-3,5,7-8,10,16H2. The summed E-state index contributed by atoms with van der Waals surface area (Å²) in [5, 5.41) is -0.380. The second-order valence-electron chi connectivity index (χ2n) is 6.03. The SMILES string of the molecule is NC(C1CCCc2cccnc21)C1CCCCS1(=O)=O. The van der Waals surface area contributed by atoms with Crippen LogP contribution in [0.2, 0.25) is 0 Å². The number of aryl methyl sites for hydroxylation is 1. The van der Waals surface area contributed by atoms with E-state index >= 15 is 0 Å². The van der Waals surface area contributed by atoms with E-state index in [9.17, 15) is 8.42 Å². The van der Waals surface area contributed by atoms with E-state index in [-0.39, 0.29) is 17.2 Å². The fraction of sp³-hybridized carbons (Fsp3) is 0.667. The average molecular weight is 294 g/mol. The lowest BCUT2D eigenvalue weighted by Crippen LogP contribution is -2.48. The van der Waals surface area contributed by atoms with Gasteiger partial charge < -0.3 is 5.73 Å². The molecule has 2 heterocycles. The number of aromatic nitrogens is 1. The maximum Gasteiger partial charge on any atom is 0.154 e. The van der Waals surface area contributed by atoms with Gasteiger partial charge in [0.25, 0.3) is 0 Å². The predicted molar refractivity (Wildman–Crippen MR) is 79.3 cm³/mol. The van der Waals surface area contributed by atoms with Gasteiger partial charge in [-0.3, -0.25) is 4.98 Å². The molecule has 5 heteroatoms. The van der Waals surface area contributed by atoms with Gasteiger partial charge in [-0.15, -0.1) is 0 Å². The first-order valence-corrected chi connectivity index (χ1v) is 9.22. The lowest BCUT2D eigenvalue weighted by molar-refractivity contribution is 0.407. The third-order valence-corrected chi connectivity index (χ3v) is 7.09. The average Bonchev–Trinajstić information content (AvgIpc) is 2.45.